The average Bonchev–Trinajstić information content (AvgIpc) is 3.40. The number of thiazole rings is 1. The Bertz CT molecular complexity index is 1420. The molecule has 6 nitrogen and oxygen atoms in total. The molecular formula is C24H17N3O3S. The van der Waals surface area contributed by atoms with Gasteiger partial charge in [-0.25, -0.2) is 9.78 Å². The highest BCUT2D eigenvalue weighted by Crippen LogP contribution is 2.29. The Kier molecular flexibility index (Phi) is 4.93. The zero-order chi connectivity index (χ0) is 21.2. The van der Waals surface area contributed by atoms with E-state index in [9.17, 15) is 9.59 Å². The van der Waals surface area contributed by atoms with Crippen molar-refractivity contribution in [2.45, 2.75) is 6.54 Å². The second kappa shape index (κ2) is 8.04. The molecule has 0 atom stereocenters. The predicted octanol–water partition coefficient (Wildman–Crippen LogP) is 5.02. The number of anilines is 1. The van der Waals surface area contributed by atoms with E-state index >= 15 is 0 Å². The zero-order valence-corrected chi connectivity index (χ0v) is 17.1. The van der Waals surface area contributed by atoms with E-state index in [1.807, 2.05) is 60.0 Å². The molecular weight excluding hydrogens is 410 g/mol. The van der Waals surface area contributed by atoms with E-state index in [-0.39, 0.29) is 12.5 Å². The van der Waals surface area contributed by atoms with E-state index in [0.717, 1.165) is 21.8 Å². The number of benzene rings is 3. The Morgan fingerprint density at radius 2 is 1.68 bits per heavy atom. The first kappa shape index (κ1) is 19.0. The fourth-order valence-electron chi connectivity index (χ4n) is 3.35. The van der Waals surface area contributed by atoms with Crippen molar-refractivity contribution in [2.24, 2.45) is 0 Å². The van der Waals surface area contributed by atoms with Crippen LogP contribution in [0.15, 0.2) is 93.5 Å². The third-order valence-electron chi connectivity index (χ3n) is 4.86. The van der Waals surface area contributed by atoms with Gasteiger partial charge < -0.3 is 9.73 Å². The van der Waals surface area contributed by atoms with Gasteiger partial charge in [0.15, 0.2) is 5.58 Å². The van der Waals surface area contributed by atoms with Gasteiger partial charge in [-0.1, -0.05) is 54.6 Å². The number of hydrogen-bond acceptors (Lipinski definition) is 5. The minimum atomic E-state index is -0.551. The number of rotatable bonds is 5. The van der Waals surface area contributed by atoms with Gasteiger partial charge in [0.05, 0.1) is 11.2 Å². The summed E-state index contributed by atoms with van der Waals surface area (Å²) in [4.78, 5) is 29.2. The second-order valence-corrected chi connectivity index (χ2v) is 7.81. The molecule has 0 aliphatic rings. The lowest BCUT2D eigenvalue weighted by atomic mass is 10.1. The van der Waals surface area contributed by atoms with Crippen molar-refractivity contribution < 1.29 is 9.21 Å². The Balaban J connectivity index is 1.29. The number of oxazole rings is 1. The molecule has 0 radical (unpaired) electrons. The number of fused-ring (bicyclic) bond motifs is 1. The van der Waals surface area contributed by atoms with E-state index in [1.165, 1.54) is 4.57 Å². The first-order valence-electron chi connectivity index (χ1n) is 9.67. The quantitative estimate of drug-likeness (QED) is 0.427. The summed E-state index contributed by atoms with van der Waals surface area (Å²) >= 11 is 1.59. The van der Waals surface area contributed by atoms with Crippen molar-refractivity contribution in [3.8, 4) is 21.8 Å². The molecule has 1 amide bonds. The molecule has 0 saturated carbocycles. The zero-order valence-electron chi connectivity index (χ0n) is 16.3. The molecule has 0 aliphatic heterocycles. The third-order valence-corrected chi connectivity index (χ3v) is 5.76. The van der Waals surface area contributed by atoms with Gasteiger partial charge in [0, 0.05) is 22.2 Å². The van der Waals surface area contributed by atoms with E-state index in [4.69, 9.17) is 9.40 Å². The molecule has 0 saturated heterocycles. The topological polar surface area (TPSA) is 77.1 Å². The Morgan fingerprint density at radius 3 is 2.48 bits per heavy atom. The van der Waals surface area contributed by atoms with Gasteiger partial charge in [0.25, 0.3) is 0 Å². The Morgan fingerprint density at radius 1 is 0.935 bits per heavy atom. The largest absolute Gasteiger partial charge is 0.420 e. The Labute approximate surface area is 181 Å². The molecule has 5 aromatic rings. The minimum absolute atomic E-state index is 0.121. The summed E-state index contributed by atoms with van der Waals surface area (Å²) in [5.74, 6) is -0.856. The molecule has 0 fully saturated rings. The molecule has 7 heteroatoms. The highest BCUT2D eigenvalue weighted by molar-refractivity contribution is 7.13. The standard InChI is InChI=1S/C24H17N3O3S/c28-22(14-27-20-8-4-5-9-21(20)30-24(27)29)25-18-12-10-16(11-13-18)19-15-31-23(26-19)17-6-2-1-3-7-17/h1-13,15H,14H2,(H,25,28). The first-order valence-corrected chi connectivity index (χ1v) is 10.5. The molecule has 0 unspecified atom stereocenters. The van der Waals surface area contributed by atoms with Gasteiger partial charge in [0.1, 0.15) is 11.6 Å². The molecule has 0 bridgehead atoms. The van der Waals surface area contributed by atoms with Crippen LogP contribution in [0.5, 0.6) is 0 Å². The molecule has 5 rings (SSSR count). The highest BCUT2D eigenvalue weighted by Gasteiger charge is 2.13. The van der Waals surface area contributed by atoms with Crippen molar-refractivity contribution in [3.05, 3.63) is 94.8 Å². The first-order chi connectivity index (χ1) is 15.2. The molecule has 0 spiro atoms. The molecule has 3 aromatic carbocycles. The van der Waals surface area contributed by atoms with Crippen LogP contribution < -0.4 is 11.1 Å². The van der Waals surface area contributed by atoms with Gasteiger partial charge in [0.2, 0.25) is 5.91 Å². The lowest BCUT2D eigenvalue weighted by Gasteiger charge is -2.06. The molecule has 1 N–H and O–H groups in total. The maximum atomic E-state index is 12.5. The lowest BCUT2D eigenvalue weighted by molar-refractivity contribution is -0.116. The summed E-state index contributed by atoms with van der Waals surface area (Å²) in [7, 11) is 0. The molecule has 31 heavy (non-hydrogen) atoms. The van der Waals surface area contributed by atoms with Crippen LogP contribution in [0, 0.1) is 0 Å². The van der Waals surface area contributed by atoms with Crippen LogP contribution in [-0.4, -0.2) is 15.5 Å². The highest BCUT2D eigenvalue weighted by atomic mass is 32.1. The molecule has 0 aliphatic carbocycles. The van der Waals surface area contributed by atoms with Crippen LogP contribution in [0.1, 0.15) is 0 Å². The number of carbonyl (C=O) groups is 1. The number of carbonyl (C=O) groups excluding carboxylic acids is 1. The van der Waals surface area contributed by atoms with Crippen molar-refractivity contribution in [1.29, 1.82) is 0 Å². The van der Waals surface area contributed by atoms with Gasteiger partial charge in [-0.15, -0.1) is 11.3 Å². The summed E-state index contributed by atoms with van der Waals surface area (Å²) in [6.07, 6.45) is 0. The summed E-state index contributed by atoms with van der Waals surface area (Å²) in [5, 5.41) is 5.81. The van der Waals surface area contributed by atoms with Crippen molar-refractivity contribution in [1.82, 2.24) is 9.55 Å². The summed E-state index contributed by atoms with van der Waals surface area (Å²) < 4.78 is 6.49. The SMILES string of the molecule is O=C(Cn1c(=O)oc2ccccc21)Nc1ccc(-c2csc(-c3ccccc3)n2)cc1. The molecule has 152 valence electrons. The van der Waals surface area contributed by atoms with E-state index in [0.29, 0.717) is 16.8 Å². The number of aromatic nitrogens is 2. The third kappa shape index (κ3) is 3.91. The fourth-order valence-corrected chi connectivity index (χ4v) is 4.19. The summed E-state index contributed by atoms with van der Waals surface area (Å²) in [6.45, 7) is -0.121. The fraction of sp³-hybridized carbons (Fsp3) is 0.0417. The number of para-hydroxylation sites is 2. The number of nitrogens with one attached hydrogen (secondary N) is 1. The van der Waals surface area contributed by atoms with Crippen LogP contribution >= 0.6 is 11.3 Å². The van der Waals surface area contributed by atoms with Crippen LogP contribution in [0.4, 0.5) is 5.69 Å². The van der Waals surface area contributed by atoms with Gasteiger partial charge in [-0.2, -0.15) is 0 Å². The van der Waals surface area contributed by atoms with Crippen LogP contribution in [0.25, 0.3) is 32.9 Å². The average molecular weight is 427 g/mol. The van der Waals surface area contributed by atoms with E-state index in [1.54, 1.807) is 35.6 Å². The molecule has 2 aromatic heterocycles. The number of hydrogen-bond donors (Lipinski definition) is 1. The van der Waals surface area contributed by atoms with Gasteiger partial charge in [-0.3, -0.25) is 9.36 Å². The van der Waals surface area contributed by atoms with Crippen molar-refractivity contribution >= 4 is 34.0 Å². The van der Waals surface area contributed by atoms with E-state index < -0.39 is 5.76 Å². The Hall–Kier alpha value is -3.97. The summed E-state index contributed by atoms with van der Waals surface area (Å²) in [5.41, 5.74) is 4.64. The summed E-state index contributed by atoms with van der Waals surface area (Å²) in [6, 6.07) is 24.6. The number of amides is 1. The molecule has 2 heterocycles. The van der Waals surface area contributed by atoms with Gasteiger partial charge in [-0.05, 0) is 24.3 Å². The smallest absolute Gasteiger partial charge is 0.408 e. The maximum absolute atomic E-state index is 12.5. The monoisotopic (exact) mass is 427 g/mol. The second-order valence-electron chi connectivity index (χ2n) is 6.95. The van der Waals surface area contributed by atoms with Crippen LogP contribution in [0.2, 0.25) is 0 Å². The minimum Gasteiger partial charge on any atom is -0.408 e. The van der Waals surface area contributed by atoms with E-state index in [2.05, 4.69) is 5.32 Å². The lowest BCUT2D eigenvalue weighted by Crippen LogP contribution is -2.24. The van der Waals surface area contributed by atoms with Crippen molar-refractivity contribution in [3.63, 3.8) is 0 Å². The van der Waals surface area contributed by atoms with Crippen LogP contribution in [0.3, 0.4) is 0 Å². The maximum Gasteiger partial charge on any atom is 0.420 e. The van der Waals surface area contributed by atoms with Crippen LogP contribution in [-0.2, 0) is 11.3 Å². The number of nitrogens with zero attached hydrogens (tertiary/aromatic N) is 2. The van der Waals surface area contributed by atoms with Gasteiger partial charge >= 0.3 is 5.76 Å². The predicted molar refractivity (Wildman–Crippen MR) is 122 cm³/mol. The van der Waals surface area contributed by atoms with Crippen molar-refractivity contribution in [2.75, 3.05) is 5.32 Å². The normalized spacial score (nSPS) is 11.0.